The molecule has 0 aliphatic carbocycles. The lowest BCUT2D eigenvalue weighted by atomic mass is 10.0. The topological polar surface area (TPSA) is 108 Å². The first-order valence-electron chi connectivity index (χ1n) is 39.6. The predicted molar refractivity (Wildman–Crippen MR) is 408 cm³/mol. The third-order valence-corrected chi connectivity index (χ3v) is 18.3. The van der Waals surface area contributed by atoms with Crippen LogP contribution >= 0.6 is 7.82 Å². The maximum absolute atomic E-state index is 12.9. The van der Waals surface area contributed by atoms with E-state index in [9.17, 15) is 19.0 Å². The fraction of sp³-hybridized carbons (Fsp3) is 0.762. The molecule has 0 rings (SSSR count). The van der Waals surface area contributed by atoms with E-state index in [1.807, 2.05) is 21.1 Å². The van der Waals surface area contributed by atoms with Crippen LogP contribution in [0.2, 0.25) is 0 Å². The van der Waals surface area contributed by atoms with Crippen LogP contribution in [0.25, 0.3) is 0 Å². The molecule has 0 saturated carbocycles. The Morgan fingerprint density at radius 3 is 0.904 bits per heavy atom. The summed E-state index contributed by atoms with van der Waals surface area (Å²) in [6, 6.07) is 0. The number of ether oxygens (including phenoxy) is 2. The van der Waals surface area contributed by atoms with Crippen LogP contribution in [0.5, 0.6) is 0 Å². The Balaban J connectivity index is 3.96. The van der Waals surface area contributed by atoms with Crippen molar-refractivity contribution in [1.29, 1.82) is 0 Å². The van der Waals surface area contributed by atoms with Crippen molar-refractivity contribution in [1.82, 2.24) is 0 Å². The van der Waals surface area contributed by atoms with Gasteiger partial charge in [-0.2, -0.15) is 0 Å². The largest absolute Gasteiger partial charge is 0.472 e. The monoisotopic (exact) mass is 1330 g/mol. The highest BCUT2D eigenvalue weighted by atomic mass is 31.2. The number of unbranched alkanes of at least 4 members (excludes halogenated alkanes) is 41. The van der Waals surface area contributed by atoms with Gasteiger partial charge in [-0.05, 0) is 103 Å². The Bertz CT molecular complexity index is 1960. The number of quaternary nitrogens is 1. The first-order chi connectivity index (χ1) is 46.0. The number of carbonyl (C=O) groups excluding carboxylic acids is 2. The Labute approximate surface area is 582 Å². The maximum atomic E-state index is 12.9. The quantitative estimate of drug-likeness (QED) is 0.0211. The highest BCUT2D eigenvalue weighted by Gasteiger charge is 2.27. The summed E-state index contributed by atoms with van der Waals surface area (Å²) >= 11 is 0. The van der Waals surface area contributed by atoms with E-state index in [0.29, 0.717) is 17.4 Å². The molecule has 94 heavy (non-hydrogen) atoms. The zero-order valence-electron chi connectivity index (χ0n) is 62.2. The van der Waals surface area contributed by atoms with Crippen LogP contribution in [0.15, 0.2) is 109 Å². The van der Waals surface area contributed by atoms with Gasteiger partial charge in [0.25, 0.3) is 0 Å². The summed E-state index contributed by atoms with van der Waals surface area (Å²) in [7, 11) is 1.49. The first kappa shape index (κ1) is 90.7. The summed E-state index contributed by atoms with van der Waals surface area (Å²) in [6.07, 6.45) is 105. The Hall–Kier alpha value is -3.33. The Morgan fingerprint density at radius 2 is 0.606 bits per heavy atom. The fourth-order valence-corrected chi connectivity index (χ4v) is 12.0. The molecule has 0 heterocycles. The van der Waals surface area contributed by atoms with Crippen molar-refractivity contribution in [2.24, 2.45) is 0 Å². The number of allylic oxidation sites excluding steroid dienone is 18. The van der Waals surface area contributed by atoms with Crippen LogP contribution in [-0.2, 0) is 32.7 Å². The molecule has 0 aromatic carbocycles. The maximum Gasteiger partial charge on any atom is 0.472 e. The number of phosphoric ester groups is 1. The molecule has 2 unspecified atom stereocenters. The average molecular weight is 1330 g/mol. The SMILES string of the molecule is CC/C=C\C/C=C\C/C=C\C/C=C\C/C=C\C/C=C\CCCCCCCCCCCCCCCCCCCCC(=O)OC(COC(=O)CCCCCCCCCCCCCCCCCCCC/C=C\C/C=C\C/C=C\CCCCCCC)COP(=O)(O)OCC[N+](C)(C)C. The van der Waals surface area contributed by atoms with Crippen LogP contribution in [0, 0.1) is 0 Å². The molecule has 2 atom stereocenters. The van der Waals surface area contributed by atoms with Crippen molar-refractivity contribution < 1.29 is 42.1 Å². The summed E-state index contributed by atoms with van der Waals surface area (Å²) in [5.74, 6) is -0.783. The lowest BCUT2D eigenvalue weighted by Crippen LogP contribution is -2.37. The van der Waals surface area contributed by atoms with Gasteiger partial charge in [0.1, 0.15) is 19.8 Å². The number of esters is 2. The second kappa shape index (κ2) is 73.9. The molecule has 0 bridgehead atoms. The van der Waals surface area contributed by atoms with Crippen molar-refractivity contribution in [3.05, 3.63) is 109 Å². The lowest BCUT2D eigenvalue weighted by molar-refractivity contribution is -0.870. The highest BCUT2D eigenvalue weighted by molar-refractivity contribution is 7.47. The van der Waals surface area contributed by atoms with Gasteiger partial charge in [0.05, 0.1) is 27.7 Å². The number of hydrogen-bond acceptors (Lipinski definition) is 7. The average Bonchev–Trinajstić information content (AvgIpc) is 1.56. The van der Waals surface area contributed by atoms with Gasteiger partial charge in [0.15, 0.2) is 6.10 Å². The Morgan fingerprint density at radius 1 is 0.340 bits per heavy atom. The van der Waals surface area contributed by atoms with Crippen molar-refractivity contribution >= 4 is 19.8 Å². The summed E-state index contributed by atoms with van der Waals surface area (Å²) in [5.41, 5.74) is 0. The smallest absolute Gasteiger partial charge is 0.462 e. The van der Waals surface area contributed by atoms with Gasteiger partial charge in [0, 0.05) is 12.8 Å². The number of phosphoric acid groups is 1. The molecule has 0 fully saturated rings. The summed E-state index contributed by atoms with van der Waals surface area (Å²) in [5, 5.41) is 0. The molecule has 0 aromatic heterocycles. The molecule has 1 N–H and O–H groups in total. The first-order valence-corrected chi connectivity index (χ1v) is 41.1. The van der Waals surface area contributed by atoms with Crippen LogP contribution in [-0.4, -0.2) is 74.9 Å². The van der Waals surface area contributed by atoms with E-state index in [4.69, 9.17) is 18.5 Å². The third-order valence-electron chi connectivity index (χ3n) is 17.3. The molecule has 0 spiro atoms. The van der Waals surface area contributed by atoms with Gasteiger partial charge in [0.2, 0.25) is 0 Å². The number of nitrogens with zero attached hydrogens (tertiary/aromatic N) is 1. The molecule has 0 saturated heterocycles. The zero-order chi connectivity index (χ0) is 68.3. The van der Waals surface area contributed by atoms with Crippen molar-refractivity contribution in [2.45, 2.75) is 367 Å². The van der Waals surface area contributed by atoms with E-state index in [0.717, 1.165) is 83.5 Å². The minimum Gasteiger partial charge on any atom is -0.462 e. The zero-order valence-corrected chi connectivity index (χ0v) is 63.1. The number of hydrogen-bond donors (Lipinski definition) is 1. The van der Waals surface area contributed by atoms with Crippen LogP contribution in [0.3, 0.4) is 0 Å². The molecule has 10 heteroatoms. The van der Waals surface area contributed by atoms with E-state index in [2.05, 4.69) is 123 Å². The predicted octanol–water partition coefficient (Wildman–Crippen LogP) is 26.4. The minimum absolute atomic E-state index is 0.0306. The Kier molecular flexibility index (Phi) is 71.3. The standard InChI is InChI=1S/C84H150NO8P/c1-6-8-10-12-14-16-18-20-22-24-26-28-30-32-34-36-38-40-41-42-43-45-47-49-51-53-55-57-59-61-63-65-67-69-71-73-75-77-84(87)93-82(81-92-94(88,89)91-79-78-85(3,4)5)80-90-83(86)76-74-72-70-68-66-64-62-60-58-56-54-52-50-48-46-44-39-37-35-33-31-29-27-25-23-21-19-17-15-13-11-9-7-2/h8,10,14,16,19-22,25-28,31-34,38,40,82H,6-7,9,11-13,15,17-18,23-24,29-30,35-37,39,41-81H2,1-5H3/p+1/b10-8-,16-14-,21-19-,22-20-,27-25-,28-26-,33-31-,34-32-,40-38-. The van der Waals surface area contributed by atoms with E-state index < -0.39 is 26.5 Å². The number of rotatable bonds is 73. The second-order valence-corrected chi connectivity index (χ2v) is 29.2. The summed E-state index contributed by atoms with van der Waals surface area (Å²) in [6.45, 7) is 4.35. The molecule has 0 amide bonds. The molecular weight excluding hydrogens is 1180 g/mol. The van der Waals surface area contributed by atoms with E-state index in [-0.39, 0.29) is 32.0 Å². The van der Waals surface area contributed by atoms with E-state index >= 15 is 0 Å². The molecular formula is C84H151NO8P+. The number of likely N-dealkylation sites (N-methyl/N-ethyl adjacent to an activating group) is 1. The van der Waals surface area contributed by atoms with Gasteiger partial charge >= 0.3 is 19.8 Å². The summed E-state index contributed by atoms with van der Waals surface area (Å²) < 4.78 is 34.8. The van der Waals surface area contributed by atoms with Crippen LogP contribution in [0.4, 0.5) is 0 Å². The molecule has 9 nitrogen and oxygen atoms in total. The van der Waals surface area contributed by atoms with Gasteiger partial charge < -0.3 is 18.9 Å². The van der Waals surface area contributed by atoms with Crippen molar-refractivity contribution in [3.8, 4) is 0 Å². The fourth-order valence-electron chi connectivity index (χ4n) is 11.3. The molecule has 0 aliphatic heterocycles. The second-order valence-electron chi connectivity index (χ2n) is 27.7. The molecule has 0 aromatic rings. The molecule has 0 radical (unpaired) electrons. The van der Waals surface area contributed by atoms with Gasteiger partial charge in [-0.15, -0.1) is 0 Å². The summed E-state index contributed by atoms with van der Waals surface area (Å²) in [4.78, 5) is 36.0. The van der Waals surface area contributed by atoms with Crippen molar-refractivity contribution in [2.75, 3.05) is 47.5 Å². The normalized spacial score (nSPS) is 13.6. The van der Waals surface area contributed by atoms with E-state index in [1.54, 1.807) is 0 Å². The lowest BCUT2D eigenvalue weighted by Gasteiger charge is -2.24. The van der Waals surface area contributed by atoms with Crippen LogP contribution < -0.4 is 0 Å². The minimum atomic E-state index is -4.40. The van der Waals surface area contributed by atoms with Crippen LogP contribution in [0.1, 0.15) is 361 Å². The molecule has 544 valence electrons. The van der Waals surface area contributed by atoms with E-state index in [1.165, 1.54) is 244 Å². The van der Waals surface area contributed by atoms with Gasteiger partial charge in [-0.3, -0.25) is 18.6 Å². The third kappa shape index (κ3) is 77.7. The van der Waals surface area contributed by atoms with Gasteiger partial charge in [-0.1, -0.05) is 354 Å². The molecule has 0 aliphatic rings. The highest BCUT2D eigenvalue weighted by Crippen LogP contribution is 2.43. The number of carbonyl (C=O) groups is 2. The van der Waals surface area contributed by atoms with Gasteiger partial charge in [-0.25, -0.2) is 4.57 Å². The van der Waals surface area contributed by atoms with Crippen molar-refractivity contribution in [3.63, 3.8) is 0 Å².